The molecule has 2 amide bonds. The summed E-state index contributed by atoms with van der Waals surface area (Å²) in [5, 5.41) is 2.93. The number of amides is 2. The smallest absolute Gasteiger partial charge is 0.253 e. The van der Waals surface area contributed by atoms with Crippen LogP contribution < -0.4 is 5.32 Å². The van der Waals surface area contributed by atoms with Crippen LogP contribution in [0, 0.1) is 0 Å². The van der Waals surface area contributed by atoms with Crippen LogP contribution in [0.2, 0.25) is 0 Å². The number of benzene rings is 1. The van der Waals surface area contributed by atoms with Crippen molar-refractivity contribution >= 4 is 23.6 Å². The van der Waals surface area contributed by atoms with Gasteiger partial charge in [-0.15, -0.1) is 0 Å². The number of rotatable bonds is 5. The number of hydrogen-bond acceptors (Lipinski definition) is 5. The number of nitrogens with one attached hydrogen (secondary N) is 1. The minimum Gasteiger partial charge on any atom is -0.366 e. The Morgan fingerprint density at radius 3 is 2.68 bits per heavy atom. The summed E-state index contributed by atoms with van der Waals surface area (Å²) in [6, 6.07) is 9.84. The number of carbonyl (C=O) groups is 2. The van der Waals surface area contributed by atoms with Crippen molar-refractivity contribution in [3.8, 4) is 0 Å². The predicted octanol–water partition coefficient (Wildman–Crippen LogP) is 0.579. The van der Waals surface area contributed by atoms with Crippen LogP contribution in [0.5, 0.6) is 0 Å². The van der Waals surface area contributed by atoms with Gasteiger partial charge in [0.05, 0.1) is 13.2 Å². The SMILES string of the molecule is O=C(CN1CCOC(C(=O)N2CCSCC2)C1)NCc1ccccc1. The van der Waals surface area contributed by atoms with Gasteiger partial charge in [-0.3, -0.25) is 14.5 Å². The van der Waals surface area contributed by atoms with E-state index in [0.29, 0.717) is 32.8 Å². The summed E-state index contributed by atoms with van der Waals surface area (Å²) in [6.45, 7) is 4.07. The van der Waals surface area contributed by atoms with E-state index in [0.717, 1.165) is 30.2 Å². The zero-order valence-corrected chi connectivity index (χ0v) is 15.2. The molecule has 2 heterocycles. The largest absolute Gasteiger partial charge is 0.366 e. The van der Waals surface area contributed by atoms with Gasteiger partial charge in [-0.1, -0.05) is 30.3 Å². The molecule has 7 heteroatoms. The van der Waals surface area contributed by atoms with Gasteiger partial charge in [0, 0.05) is 44.2 Å². The molecule has 25 heavy (non-hydrogen) atoms. The number of ether oxygens (including phenoxy) is 1. The van der Waals surface area contributed by atoms with Crippen molar-refractivity contribution in [3.63, 3.8) is 0 Å². The number of nitrogens with zero attached hydrogens (tertiary/aromatic N) is 2. The highest BCUT2D eigenvalue weighted by atomic mass is 32.2. The van der Waals surface area contributed by atoms with Gasteiger partial charge in [0.2, 0.25) is 5.91 Å². The van der Waals surface area contributed by atoms with E-state index in [1.54, 1.807) is 0 Å². The van der Waals surface area contributed by atoms with Gasteiger partial charge in [0.15, 0.2) is 0 Å². The third-order valence-electron chi connectivity index (χ3n) is 4.45. The van der Waals surface area contributed by atoms with Crippen LogP contribution >= 0.6 is 11.8 Å². The van der Waals surface area contributed by atoms with Gasteiger partial charge in [-0.25, -0.2) is 0 Å². The van der Waals surface area contributed by atoms with Crippen molar-refractivity contribution in [3.05, 3.63) is 35.9 Å². The molecule has 1 aromatic carbocycles. The van der Waals surface area contributed by atoms with Crippen molar-refractivity contribution in [2.45, 2.75) is 12.6 Å². The van der Waals surface area contributed by atoms with E-state index in [-0.39, 0.29) is 11.8 Å². The third-order valence-corrected chi connectivity index (χ3v) is 5.39. The van der Waals surface area contributed by atoms with Crippen LogP contribution in [-0.2, 0) is 20.9 Å². The Morgan fingerprint density at radius 1 is 1.16 bits per heavy atom. The molecule has 1 N–H and O–H groups in total. The first kappa shape index (κ1) is 18.2. The van der Waals surface area contributed by atoms with Gasteiger partial charge in [0.1, 0.15) is 6.10 Å². The lowest BCUT2D eigenvalue weighted by Crippen LogP contribution is -2.54. The molecule has 0 radical (unpaired) electrons. The van der Waals surface area contributed by atoms with Crippen LogP contribution in [0.25, 0.3) is 0 Å². The van der Waals surface area contributed by atoms with E-state index >= 15 is 0 Å². The lowest BCUT2D eigenvalue weighted by atomic mass is 10.2. The average molecular weight is 363 g/mol. The number of carbonyl (C=O) groups excluding carboxylic acids is 2. The Hall–Kier alpha value is -1.57. The third kappa shape index (κ3) is 5.45. The topological polar surface area (TPSA) is 61.9 Å². The zero-order valence-electron chi connectivity index (χ0n) is 14.4. The van der Waals surface area contributed by atoms with Crippen molar-refractivity contribution in [1.82, 2.24) is 15.1 Å². The highest BCUT2D eigenvalue weighted by molar-refractivity contribution is 7.99. The summed E-state index contributed by atoms with van der Waals surface area (Å²) >= 11 is 1.88. The highest BCUT2D eigenvalue weighted by Crippen LogP contribution is 2.14. The summed E-state index contributed by atoms with van der Waals surface area (Å²) < 4.78 is 5.66. The Morgan fingerprint density at radius 2 is 1.92 bits per heavy atom. The molecule has 6 nitrogen and oxygen atoms in total. The molecule has 1 unspecified atom stereocenters. The fraction of sp³-hybridized carbons (Fsp3) is 0.556. The summed E-state index contributed by atoms with van der Waals surface area (Å²) in [4.78, 5) is 28.6. The number of hydrogen-bond donors (Lipinski definition) is 1. The Kier molecular flexibility index (Phi) is 6.72. The molecular weight excluding hydrogens is 338 g/mol. The normalized spacial score (nSPS) is 21.8. The fourth-order valence-electron chi connectivity index (χ4n) is 3.04. The Balaban J connectivity index is 1.44. The average Bonchev–Trinajstić information content (AvgIpc) is 2.67. The minimum atomic E-state index is -0.446. The van der Waals surface area contributed by atoms with Crippen molar-refractivity contribution in [2.24, 2.45) is 0 Å². The molecule has 2 aliphatic heterocycles. The van der Waals surface area contributed by atoms with Crippen molar-refractivity contribution in [1.29, 1.82) is 0 Å². The lowest BCUT2D eigenvalue weighted by molar-refractivity contribution is -0.150. The molecule has 3 rings (SSSR count). The maximum absolute atomic E-state index is 12.6. The molecule has 2 aliphatic rings. The fourth-order valence-corrected chi connectivity index (χ4v) is 3.94. The predicted molar refractivity (Wildman–Crippen MR) is 98.4 cm³/mol. The highest BCUT2D eigenvalue weighted by Gasteiger charge is 2.31. The summed E-state index contributed by atoms with van der Waals surface area (Å²) in [6.07, 6.45) is -0.446. The van der Waals surface area contributed by atoms with Gasteiger partial charge < -0.3 is 15.0 Å². The number of morpholine rings is 1. The first-order valence-corrected chi connectivity index (χ1v) is 9.89. The van der Waals surface area contributed by atoms with Gasteiger partial charge >= 0.3 is 0 Å². The maximum atomic E-state index is 12.6. The van der Waals surface area contributed by atoms with Crippen molar-refractivity contribution in [2.75, 3.05) is 50.8 Å². The summed E-state index contributed by atoms with van der Waals surface area (Å²) in [5.41, 5.74) is 1.08. The van der Waals surface area contributed by atoms with E-state index in [9.17, 15) is 9.59 Å². The Bertz CT molecular complexity index is 578. The molecule has 1 aromatic rings. The van der Waals surface area contributed by atoms with E-state index in [2.05, 4.69) is 5.32 Å². The van der Waals surface area contributed by atoms with Crippen LogP contribution in [0.4, 0.5) is 0 Å². The van der Waals surface area contributed by atoms with Gasteiger partial charge in [0.25, 0.3) is 5.91 Å². The van der Waals surface area contributed by atoms with Crippen LogP contribution in [0.3, 0.4) is 0 Å². The molecule has 0 spiro atoms. The second-order valence-corrected chi connectivity index (χ2v) is 7.52. The zero-order chi connectivity index (χ0) is 17.5. The maximum Gasteiger partial charge on any atom is 0.253 e. The van der Waals surface area contributed by atoms with Crippen LogP contribution in [0.15, 0.2) is 30.3 Å². The van der Waals surface area contributed by atoms with Gasteiger partial charge in [-0.2, -0.15) is 11.8 Å². The first-order valence-electron chi connectivity index (χ1n) is 8.73. The minimum absolute atomic E-state index is 0.0219. The van der Waals surface area contributed by atoms with Crippen molar-refractivity contribution < 1.29 is 14.3 Å². The van der Waals surface area contributed by atoms with E-state index in [4.69, 9.17) is 4.74 Å². The first-order chi connectivity index (χ1) is 12.2. The molecule has 136 valence electrons. The molecule has 0 saturated carbocycles. The quantitative estimate of drug-likeness (QED) is 0.829. The van der Waals surface area contributed by atoms with Gasteiger partial charge in [-0.05, 0) is 5.56 Å². The second-order valence-electron chi connectivity index (χ2n) is 6.29. The van der Waals surface area contributed by atoms with Crippen LogP contribution in [0.1, 0.15) is 5.56 Å². The van der Waals surface area contributed by atoms with E-state index in [1.807, 2.05) is 51.9 Å². The molecule has 1 atom stereocenters. The molecule has 2 saturated heterocycles. The monoisotopic (exact) mass is 363 g/mol. The van der Waals surface area contributed by atoms with Crippen LogP contribution in [-0.4, -0.2) is 78.6 Å². The standard InChI is InChI=1S/C18H25N3O3S/c22-17(19-12-15-4-2-1-3-5-15)14-20-6-9-24-16(13-20)18(23)21-7-10-25-11-8-21/h1-5,16H,6-14H2,(H,19,22). The molecule has 0 bridgehead atoms. The van der Waals surface area contributed by atoms with E-state index < -0.39 is 6.10 Å². The number of thioether (sulfide) groups is 1. The molecular formula is C18H25N3O3S. The summed E-state index contributed by atoms with van der Waals surface area (Å²) in [5.74, 6) is 2.02. The van der Waals surface area contributed by atoms with E-state index in [1.165, 1.54) is 0 Å². The summed E-state index contributed by atoms with van der Waals surface area (Å²) in [7, 11) is 0. The second kappa shape index (κ2) is 9.22. The molecule has 0 aromatic heterocycles. The lowest BCUT2D eigenvalue weighted by Gasteiger charge is -2.35. The molecule has 0 aliphatic carbocycles. The molecule has 2 fully saturated rings. The Labute approximate surface area is 152 Å².